The fraction of sp³-hybridized carbons (Fsp3) is 0.0769. The SMILES string of the molecule is O=C(COc1c(Br)cc(Br)cc1Br)Nc1cccnc1. The Hall–Kier alpha value is -0.920. The van der Waals surface area contributed by atoms with Crippen LogP contribution in [0.5, 0.6) is 5.75 Å². The van der Waals surface area contributed by atoms with Gasteiger partial charge < -0.3 is 10.1 Å². The number of pyridine rings is 1. The molecule has 0 aliphatic carbocycles. The summed E-state index contributed by atoms with van der Waals surface area (Å²) in [7, 11) is 0. The van der Waals surface area contributed by atoms with Crippen molar-refractivity contribution < 1.29 is 9.53 Å². The average molecular weight is 465 g/mol. The number of aromatic nitrogens is 1. The van der Waals surface area contributed by atoms with E-state index in [1.165, 1.54) is 0 Å². The predicted molar refractivity (Wildman–Crippen MR) is 87.9 cm³/mol. The van der Waals surface area contributed by atoms with E-state index < -0.39 is 0 Å². The summed E-state index contributed by atoms with van der Waals surface area (Å²) < 4.78 is 7.93. The molecule has 0 fully saturated rings. The highest BCUT2D eigenvalue weighted by molar-refractivity contribution is 9.11. The molecule has 0 aliphatic heterocycles. The number of rotatable bonds is 4. The highest BCUT2D eigenvalue weighted by Gasteiger charge is 2.10. The molecule has 0 bridgehead atoms. The van der Waals surface area contributed by atoms with E-state index in [4.69, 9.17) is 4.74 Å². The van der Waals surface area contributed by atoms with Gasteiger partial charge in [0.1, 0.15) is 5.75 Å². The minimum atomic E-state index is -0.250. The lowest BCUT2D eigenvalue weighted by Gasteiger charge is -2.11. The zero-order chi connectivity index (χ0) is 14.5. The second-order valence-electron chi connectivity index (χ2n) is 3.78. The van der Waals surface area contributed by atoms with Crippen molar-refractivity contribution in [2.45, 2.75) is 0 Å². The van der Waals surface area contributed by atoms with Gasteiger partial charge in [-0.2, -0.15) is 0 Å². The van der Waals surface area contributed by atoms with E-state index in [1.807, 2.05) is 12.1 Å². The number of nitrogens with zero attached hydrogens (tertiary/aromatic N) is 1. The monoisotopic (exact) mass is 462 g/mol. The van der Waals surface area contributed by atoms with E-state index in [9.17, 15) is 4.79 Å². The van der Waals surface area contributed by atoms with Crippen LogP contribution in [0.4, 0.5) is 5.69 Å². The maximum Gasteiger partial charge on any atom is 0.262 e. The quantitative estimate of drug-likeness (QED) is 0.730. The van der Waals surface area contributed by atoms with E-state index in [0.717, 1.165) is 13.4 Å². The highest BCUT2D eigenvalue weighted by atomic mass is 79.9. The van der Waals surface area contributed by atoms with Gasteiger partial charge in [-0.15, -0.1) is 0 Å². The van der Waals surface area contributed by atoms with Crippen LogP contribution in [0.15, 0.2) is 50.1 Å². The molecule has 0 radical (unpaired) electrons. The zero-order valence-electron chi connectivity index (χ0n) is 10.1. The van der Waals surface area contributed by atoms with Crippen LogP contribution in [0.3, 0.4) is 0 Å². The van der Waals surface area contributed by atoms with Crippen molar-refractivity contribution in [3.63, 3.8) is 0 Å². The molecule has 0 saturated heterocycles. The van der Waals surface area contributed by atoms with Crippen LogP contribution in [0.25, 0.3) is 0 Å². The number of nitrogens with one attached hydrogen (secondary N) is 1. The summed E-state index contributed by atoms with van der Waals surface area (Å²) in [5.74, 6) is 0.328. The molecule has 0 aliphatic rings. The van der Waals surface area contributed by atoms with Gasteiger partial charge in [0.25, 0.3) is 5.91 Å². The first kappa shape index (κ1) is 15.5. The fourth-order valence-corrected chi connectivity index (χ4v) is 3.93. The lowest BCUT2D eigenvalue weighted by Crippen LogP contribution is -2.20. The Kier molecular flexibility index (Phi) is 5.56. The van der Waals surface area contributed by atoms with Crippen molar-refractivity contribution in [3.05, 3.63) is 50.1 Å². The lowest BCUT2D eigenvalue weighted by atomic mass is 10.3. The fourth-order valence-electron chi connectivity index (χ4n) is 1.44. The summed E-state index contributed by atoms with van der Waals surface area (Å²) in [6.45, 7) is -0.0896. The molecule has 2 rings (SSSR count). The molecule has 0 saturated carbocycles. The number of hydrogen-bond acceptors (Lipinski definition) is 3. The van der Waals surface area contributed by atoms with Crippen molar-refractivity contribution in [2.24, 2.45) is 0 Å². The number of carbonyl (C=O) groups excluding carboxylic acids is 1. The number of carbonyl (C=O) groups is 1. The van der Waals surface area contributed by atoms with Crippen LogP contribution in [-0.2, 0) is 4.79 Å². The number of halogens is 3. The van der Waals surface area contributed by atoms with E-state index in [1.54, 1.807) is 24.5 Å². The van der Waals surface area contributed by atoms with Crippen LogP contribution in [-0.4, -0.2) is 17.5 Å². The predicted octanol–water partition coefficient (Wildman–Crippen LogP) is 4.39. The summed E-state index contributed by atoms with van der Waals surface area (Å²) in [5.41, 5.74) is 0.634. The van der Waals surface area contributed by atoms with E-state index in [0.29, 0.717) is 11.4 Å². The second-order valence-corrected chi connectivity index (χ2v) is 6.40. The van der Waals surface area contributed by atoms with E-state index in [-0.39, 0.29) is 12.5 Å². The molecule has 1 aromatic heterocycles. The third-order valence-corrected chi connectivity index (χ3v) is 3.89. The Morgan fingerprint density at radius 2 is 1.95 bits per heavy atom. The Labute approximate surface area is 141 Å². The van der Waals surface area contributed by atoms with Crippen molar-refractivity contribution in [3.8, 4) is 5.75 Å². The maximum atomic E-state index is 11.8. The van der Waals surface area contributed by atoms with Gasteiger partial charge in [-0.3, -0.25) is 9.78 Å². The number of benzene rings is 1. The van der Waals surface area contributed by atoms with Gasteiger partial charge in [0.05, 0.1) is 20.8 Å². The molecular formula is C13H9Br3N2O2. The van der Waals surface area contributed by atoms with Crippen molar-refractivity contribution in [2.75, 3.05) is 11.9 Å². The molecule has 20 heavy (non-hydrogen) atoms. The Morgan fingerprint density at radius 3 is 2.55 bits per heavy atom. The molecule has 1 aromatic carbocycles. The van der Waals surface area contributed by atoms with E-state index >= 15 is 0 Å². The van der Waals surface area contributed by atoms with Crippen molar-refractivity contribution >= 4 is 59.4 Å². The molecule has 1 N–H and O–H groups in total. The first-order chi connectivity index (χ1) is 9.56. The molecule has 7 heteroatoms. The lowest BCUT2D eigenvalue weighted by molar-refractivity contribution is -0.118. The Bertz CT molecular complexity index is 597. The van der Waals surface area contributed by atoms with Crippen molar-refractivity contribution in [1.29, 1.82) is 0 Å². The molecule has 0 atom stereocenters. The van der Waals surface area contributed by atoms with Crippen molar-refractivity contribution in [1.82, 2.24) is 4.98 Å². The first-order valence-electron chi connectivity index (χ1n) is 5.53. The van der Waals surface area contributed by atoms with Gasteiger partial charge in [-0.1, -0.05) is 15.9 Å². The third-order valence-electron chi connectivity index (χ3n) is 2.26. The van der Waals surface area contributed by atoms with Gasteiger partial charge >= 0.3 is 0 Å². The summed E-state index contributed by atoms with van der Waals surface area (Å²) in [6, 6.07) is 7.20. The summed E-state index contributed by atoms with van der Waals surface area (Å²) in [4.78, 5) is 15.7. The largest absolute Gasteiger partial charge is 0.481 e. The molecule has 2 aromatic rings. The number of ether oxygens (including phenoxy) is 1. The normalized spacial score (nSPS) is 10.2. The molecule has 104 valence electrons. The maximum absolute atomic E-state index is 11.8. The van der Waals surface area contributed by atoms with E-state index in [2.05, 4.69) is 58.1 Å². The number of amides is 1. The first-order valence-corrected chi connectivity index (χ1v) is 7.91. The zero-order valence-corrected chi connectivity index (χ0v) is 14.8. The van der Waals surface area contributed by atoms with Gasteiger partial charge in [0, 0.05) is 10.7 Å². The van der Waals surface area contributed by atoms with Crippen LogP contribution >= 0.6 is 47.8 Å². The summed E-state index contributed by atoms with van der Waals surface area (Å²) >= 11 is 10.1. The smallest absolute Gasteiger partial charge is 0.262 e. The number of anilines is 1. The van der Waals surface area contributed by atoms with Crippen LogP contribution in [0.1, 0.15) is 0 Å². The van der Waals surface area contributed by atoms with Gasteiger partial charge in [-0.05, 0) is 56.1 Å². The standard InChI is InChI=1S/C13H9Br3N2O2/c14-8-4-10(15)13(11(16)5-8)20-7-12(19)18-9-2-1-3-17-6-9/h1-6H,7H2,(H,18,19). The Balaban J connectivity index is 1.97. The molecule has 0 spiro atoms. The van der Waals surface area contributed by atoms with Gasteiger partial charge in [0.15, 0.2) is 6.61 Å². The topological polar surface area (TPSA) is 51.2 Å². The Morgan fingerprint density at radius 1 is 1.25 bits per heavy atom. The van der Waals surface area contributed by atoms with Crippen LogP contribution in [0.2, 0.25) is 0 Å². The van der Waals surface area contributed by atoms with Crippen LogP contribution < -0.4 is 10.1 Å². The minimum Gasteiger partial charge on any atom is -0.481 e. The molecule has 1 amide bonds. The third kappa shape index (κ3) is 4.29. The highest BCUT2D eigenvalue weighted by Crippen LogP contribution is 2.36. The summed E-state index contributed by atoms with van der Waals surface area (Å²) in [6.07, 6.45) is 3.21. The van der Waals surface area contributed by atoms with Gasteiger partial charge in [0.2, 0.25) is 0 Å². The van der Waals surface area contributed by atoms with Crippen LogP contribution in [0, 0.1) is 0 Å². The number of hydrogen-bond donors (Lipinski definition) is 1. The average Bonchev–Trinajstić information content (AvgIpc) is 2.38. The minimum absolute atomic E-state index is 0.0896. The molecule has 1 heterocycles. The second kappa shape index (κ2) is 7.19. The van der Waals surface area contributed by atoms with Gasteiger partial charge in [-0.25, -0.2) is 0 Å². The molecular weight excluding hydrogens is 456 g/mol. The summed E-state index contributed by atoms with van der Waals surface area (Å²) in [5, 5.41) is 2.70. The molecule has 4 nitrogen and oxygen atoms in total. The molecule has 0 unspecified atom stereocenters.